The topological polar surface area (TPSA) is 70.0 Å². The van der Waals surface area contributed by atoms with Gasteiger partial charge in [-0.3, -0.25) is 14.5 Å². The van der Waals surface area contributed by atoms with Crippen molar-refractivity contribution < 1.29 is 14.3 Å². The van der Waals surface area contributed by atoms with Crippen LogP contribution in [-0.4, -0.2) is 76.6 Å². The minimum absolute atomic E-state index is 0.0531. The van der Waals surface area contributed by atoms with Gasteiger partial charge in [0.25, 0.3) is 11.8 Å². The normalized spacial score (nSPS) is 19.1. The molecule has 2 saturated heterocycles. The quantitative estimate of drug-likeness (QED) is 0.180. The SMILES string of the molecule is CCOc1cc(-c2cc(C(=O)N(C)C)n(C)c2)cc([C@@H](C)NC(=O)c2cc(N3C[C@H]4CC[C@@H](C3)N4CI)ccc2C)c1. The minimum Gasteiger partial charge on any atom is -0.494 e. The zero-order chi connectivity index (χ0) is 30.1. The number of aromatic nitrogens is 1. The number of halogens is 1. The maximum atomic E-state index is 13.7. The van der Waals surface area contributed by atoms with Crippen LogP contribution < -0.4 is 15.0 Å². The van der Waals surface area contributed by atoms with E-state index in [-0.39, 0.29) is 17.9 Å². The zero-order valence-corrected chi connectivity index (χ0v) is 27.6. The van der Waals surface area contributed by atoms with E-state index in [1.807, 2.05) is 56.8 Å². The van der Waals surface area contributed by atoms with Gasteiger partial charge in [0.15, 0.2) is 0 Å². The summed E-state index contributed by atoms with van der Waals surface area (Å²) >= 11 is 2.48. The van der Waals surface area contributed by atoms with Crippen LogP contribution >= 0.6 is 22.6 Å². The fourth-order valence-corrected chi connectivity index (χ4v) is 7.37. The maximum Gasteiger partial charge on any atom is 0.269 e. The number of ether oxygens (including phenoxy) is 1. The Morgan fingerprint density at radius 2 is 1.79 bits per heavy atom. The molecule has 224 valence electrons. The molecule has 2 aliphatic rings. The predicted octanol–water partition coefficient (Wildman–Crippen LogP) is 5.64. The number of hydrogen-bond donors (Lipinski definition) is 1. The molecule has 5 rings (SSSR count). The number of aryl methyl sites for hydroxylation is 2. The maximum absolute atomic E-state index is 13.7. The number of amides is 2. The Hall–Kier alpha value is -3.05. The van der Waals surface area contributed by atoms with E-state index in [4.69, 9.17) is 4.74 Å². The number of carbonyl (C=O) groups is 2. The Kier molecular flexibility index (Phi) is 9.17. The monoisotopic (exact) mass is 683 g/mol. The highest BCUT2D eigenvalue weighted by Crippen LogP contribution is 2.34. The van der Waals surface area contributed by atoms with E-state index in [0.717, 1.165) is 51.3 Å². The van der Waals surface area contributed by atoms with Crippen LogP contribution in [0.5, 0.6) is 5.75 Å². The standard InChI is InChI=1S/C33H42IN5O3/c1-7-42-29-13-23(12-24(14-29)25-15-31(37(6)17-25)33(41)36(4)5)22(3)35-32(40)30-16-26(9-8-21(30)2)38-18-27-10-11-28(19-38)39(27)20-34/h8-9,12-17,22,27-28H,7,10-11,18-20H2,1-6H3,(H,35,40)/t22-,27-,28+/m1/s1. The van der Waals surface area contributed by atoms with E-state index in [0.29, 0.717) is 29.9 Å². The van der Waals surface area contributed by atoms with Crippen molar-refractivity contribution in [3.05, 3.63) is 71.0 Å². The molecule has 3 heterocycles. The van der Waals surface area contributed by atoms with Gasteiger partial charge in [0.05, 0.1) is 17.2 Å². The van der Waals surface area contributed by atoms with Crippen LogP contribution in [0.3, 0.4) is 0 Å². The van der Waals surface area contributed by atoms with Crippen LogP contribution in [0, 0.1) is 6.92 Å². The molecular weight excluding hydrogens is 641 g/mol. The summed E-state index contributed by atoms with van der Waals surface area (Å²) in [7, 11) is 5.38. The summed E-state index contributed by atoms with van der Waals surface area (Å²) in [6.45, 7) is 8.50. The smallest absolute Gasteiger partial charge is 0.269 e. The highest BCUT2D eigenvalue weighted by atomic mass is 127. The fourth-order valence-electron chi connectivity index (χ4n) is 6.26. The van der Waals surface area contributed by atoms with Crippen molar-refractivity contribution >= 4 is 40.1 Å². The van der Waals surface area contributed by atoms with Gasteiger partial charge >= 0.3 is 0 Å². The van der Waals surface area contributed by atoms with Gasteiger partial charge in [-0.15, -0.1) is 0 Å². The fraction of sp³-hybridized carbons (Fsp3) is 0.455. The summed E-state index contributed by atoms with van der Waals surface area (Å²) in [5, 5.41) is 3.24. The number of alkyl halides is 1. The number of hydrogen-bond acceptors (Lipinski definition) is 5. The Bertz CT molecular complexity index is 1450. The van der Waals surface area contributed by atoms with E-state index in [1.165, 1.54) is 12.8 Å². The lowest BCUT2D eigenvalue weighted by molar-refractivity contribution is 0.0818. The molecule has 0 unspecified atom stereocenters. The molecule has 2 aromatic carbocycles. The molecule has 2 bridgehead atoms. The van der Waals surface area contributed by atoms with Crippen LogP contribution in [0.2, 0.25) is 0 Å². The molecule has 0 spiro atoms. The molecule has 2 amide bonds. The summed E-state index contributed by atoms with van der Waals surface area (Å²) in [6.07, 6.45) is 4.45. The van der Waals surface area contributed by atoms with Gasteiger partial charge in [0.1, 0.15) is 11.4 Å². The van der Waals surface area contributed by atoms with E-state index in [1.54, 1.807) is 19.0 Å². The number of nitrogens with zero attached hydrogens (tertiary/aromatic N) is 4. The number of fused-ring (bicyclic) bond motifs is 2. The van der Waals surface area contributed by atoms with Gasteiger partial charge in [0, 0.05) is 69.3 Å². The third-order valence-corrected chi connectivity index (χ3v) is 9.44. The summed E-state index contributed by atoms with van der Waals surface area (Å²) in [5.41, 5.74) is 6.19. The number of nitrogens with one attached hydrogen (secondary N) is 1. The molecule has 0 saturated carbocycles. The number of benzene rings is 2. The summed E-state index contributed by atoms with van der Waals surface area (Å²) in [6, 6.07) is 15.2. The lowest BCUT2D eigenvalue weighted by atomic mass is 10.00. The van der Waals surface area contributed by atoms with Gasteiger partial charge in [0.2, 0.25) is 0 Å². The van der Waals surface area contributed by atoms with Crippen molar-refractivity contribution in [3.8, 4) is 16.9 Å². The Balaban J connectivity index is 1.37. The largest absolute Gasteiger partial charge is 0.494 e. The van der Waals surface area contributed by atoms with Crippen molar-refractivity contribution in [1.82, 2.24) is 19.7 Å². The number of anilines is 1. The first-order chi connectivity index (χ1) is 20.1. The van der Waals surface area contributed by atoms with Crippen molar-refractivity contribution in [3.63, 3.8) is 0 Å². The molecule has 3 atom stereocenters. The predicted molar refractivity (Wildman–Crippen MR) is 177 cm³/mol. The molecule has 42 heavy (non-hydrogen) atoms. The first kappa shape index (κ1) is 30.4. The molecule has 0 aliphatic carbocycles. The van der Waals surface area contributed by atoms with Gasteiger partial charge < -0.3 is 24.4 Å². The molecule has 2 aliphatic heterocycles. The number of rotatable bonds is 9. The minimum atomic E-state index is -0.255. The highest BCUT2D eigenvalue weighted by Gasteiger charge is 2.39. The second-order valence-electron chi connectivity index (χ2n) is 11.8. The van der Waals surface area contributed by atoms with Crippen LogP contribution in [0.25, 0.3) is 11.1 Å². The van der Waals surface area contributed by atoms with E-state index < -0.39 is 0 Å². The van der Waals surface area contributed by atoms with Crippen LogP contribution in [0.15, 0.2) is 48.7 Å². The first-order valence-electron chi connectivity index (χ1n) is 14.7. The third kappa shape index (κ3) is 6.17. The molecular formula is C33H42IN5O3. The van der Waals surface area contributed by atoms with Crippen LogP contribution in [0.1, 0.15) is 64.7 Å². The average Bonchev–Trinajstić information content (AvgIpc) is 3.47. The molecule has 8 nitrogen and oxygen atoms in total. The van der Waals surface area contributed by atoms with Crippen molar-refractivity contribution in [2.24, 2.45) is 7.05 Å². The molecule has 3 aromatic rings. The van der Waals surface area contributed by atoms with Gasteiger partial charge in [-0.2, -0.15) is 0 Å². The first-order valence-corrected chi connectivity index (χ1v) is 16.3. The molecule has 2 fully saturated rings. The zero-order valence-electron chi connectivity index (χ0n) is 25.5. The van der Waals surface area contributed by atoms with Crippen LogP contribution in [0.4, 0.5) is 5.69 Å². The van der Waals surface area contributed by atoms with Crippen LogP contribution in [-0.2, 0) is 7.05 Å². The second kappa shape index (κ2) is 12.7. The molecule has 1 N–H and O–H groups in total. The summed E-state index contributed by atoms with van der Waals surface area (Å²) < 4.78 is 8.83. The lowest BCUT2D eigenvalue weighted by Gasteiger charge is -2.41. The average molecular weight is 684 g/mol. The van der Waals surface area contributed by atoms with E-state index >= 15 is 0 Å². The highest BCUT2D eigenvalue weighted by molar-refractivity contribution is 14.1. The van der Waals surface area contributed by atoms with Crippen molar-refractivity contribution in [1.29, 1.82) is 0 Å². The summed E-state index contributed by atoms with van der Waals surface area (Å²) in [4.78, 5) is 33.0. The second-order valence-corrected chi connectivity index (χ2v) is 12.4. The molecule has 1 aromatic heterocycles. The van der Waals surface area contributed by atoms with Gasteiger partial charge in [-0.05, 0) is 86.7 Å². The Morgan fingerprint density at radius 1 is 1.07 bits per heavy atom. The van der Waals surface area contributed by atoms with E-state index in [9.17, 15) is 9.59 Å². The molecule has 9 heteroatoms. The van der Waals surface area contributed by atoms with Crippen molar-refractivity contribution in [2.45, 2.75) is 51.7 Å². The summed E-state index contributed by atoms with van der Waals surface area (Å²) in [5.74, 6) is 0.592. The van der Waals surface area contributed by atoms with Gasteiger partial charge in [-0.1, -0.05) is 28.7 Å². The van der Waals surface area contributed by atoms with E-state index in [2.05, 4.69) is 62.0 Å². The molecule has 0 radical (unpaired) electrons. The van der Waals surface area contributed by atoms with Gasteiger partial charge in [-0.25, -0.2) is 0 Å². The lowest BCUT2D eigenvalue weighted by Crippen LogP contribution is -2.53. The Labute approximate surface area is 263 Å². The number of piperazine rings is 1. The Morgan fingerprint density at radius 3 is 2.43 bits per heavy atom. The number of carbonyl (C=O) groups excluding carboxylic acids is 2. The third-order valence-electron chi connectivity index (χ3n) is 8.65. The van der Waals surface area contributed by atoms with Crippen molar-refractivity contribution in [2.75, 3.05) is 43.2 Å².